The number of halogens is 2. The first-order valence-corrected chi connectivity index (χ1v) is 7.30. The van der Waals surface area contributed by atoms with E-state index in [1.165, 1.54) is 40.2 Å². The van der Waals surface area contributed by atoms with Crippen molar-refractivity contribution in [3.05, 3.63) is 57.2 Å². The third-order valence-corrected chi connectivity index (χ3v) is 4.12. The van der Waals surface area contributed by atoms with Crippen LogP contribution in [-0.2, 0) is 0 Å². The third kappa shape index (κ3) is 2.74. The summed E-state index contributed by atoms with van der Waals surface area (Å²) < 4.78 is 14.3. The molecule has 0 saturated carbocycles. The molecule has 0 fully saturated rings. The topological polar surface area (TPSA) is 59.3 Å². The highest BCUT2D eigenvalue weighted by Gasteiger charge is 2.13. The van der Waals surface area contributed by atoms with Gasteiger partial charge >= 0.3 is 0 Å². The van der Waals surface area contributed by atoms with Crippen molar-refractivity contribution in [3.8, 4) is 0 Å². The van der Waals surface area contributed by atoms with Crippen LogP contribution in [0.15, 0.2) is 35.3 Å². The van der Waals surface area contributed by atoms with Gasteiger partial charge < -0.3 is 5.32 Å². The van der Waals surface area contributed by atoms with Gasteiger partial charge in [0.1, 0.15) is 5.82 Å². The average Bonchev–Trinajstić information content (AvgIpc) is 2.82. The number of benzene rings is 1. The van der Waals surface area contributed by atoms with Crippen molar-refractivity contribution in [2.45, 2.75) is 13.0 Å². The smallest absolute Gasteiger partial charge is 0.275 e. The third-order valence-electron chi connectivity index (χ3n) is 2.94. The predicted molar refractivity (Wildman–Crippen MR) is 80.6 cm³/mol. The van der Waals surface area contributed by atoms with E-state index in [0.717, 1.165) is 5.56 Å². The van der Waals surface area contributed by atoms with E-state index in [4.69, 9.17) is 11.6 Å². The lowest BCUT2D eigenvalue weighted by atomic mass is 10.1. The van der Waals surface area contributed by atoms with Crippen LogP contribution in [0.1, 0.15) is 18.5 Å². The lowest BCUT2D eigenvalue weighted by Crippen LogP contribution is -2.13. The first-order valence-electron chi connectivity index (χ1n) is 6.11. The zero-order chi connectivity index (χ0) is 15.0. The fraction of sp³-hybridized carbons (Fsp3) is 0.154. The average molecular weight is 325 g/mol. The van der Waals surface area contributed by atoms with Gasteiger partial charge in [-0.3, -0.25) is 4.79 Å². The Morgan fingerprint density at radius 2 is 2.24 bits per heavy atom. The molecule has 3 aromatic rings. The fourth-order valence-electron chi connectivity index (χ4n) is 1.92. The van der Waals surface area contributed by atoms with Gasteiger partial charge in [0, 0.05) is 17.3 Å². The summed E-state index contributed by atoms with van der Waals surface area (Å²) in [5, 5.41) is 8.17. The van der Waals surface area contributed by atoms with Crippen molar-refractivity contribution in [1.82, 2.24) is 14.6 Å². The summed E-state index contributed by atoms with van der Waals surface area (Å²) in [7, 11) is 0. The Morgan fingerprint density at radius 1 is 1.43 bits per heavy atom. The van der Waals surface area contributed by atoms with Gasteiger partial charge in [0.25, 0.3) is 5.56 Å². The molecule has 0 saturated heterocycles. The highest BCUT2D eigenvalue weighted by atomic mass is 35.5. The van der Waals surface area contributed by atoms with Crippen LogP contribution in [0.25, 0.3) is 4.96 Å². The van der Waals surface area contributed by atoms with Gasteiger partial charge in [-0.15, -0.1) is 5.10 Å². The molecule has 1 atom stereocenters. The molecule has 0 spiro atoms. The quantitative estimate of drug-likeness (QED) is 0.804. The zero-order valence-corrected chi connectivity index (χ0v) is 12.5. The van der Waals surface area contributed by atoms with Crippen molar-refractivity contribution in [2.24, 2.45) is 0 Å². The molecule has 0 amide bonds. The minimum atomic E-state index is -0.383. The summed E-state index contributed by atoms with van der Waals surface area (Å²) in [5.41, 5.74) is 0.509. The first kappa shape index (κ1) is 14.0. The van der Waals surface area contributed by atoms with Crippen LogP contribution in [0.5, 0.6) is 0 Å². The fourth-order valence-corrected chi connectivity index (χ4v) is 3.11. The highest BCUT2D eigenvalue weighted by molar-refractivity contribution is 7.20. The Morgan fingerprint density at radius 3 is 2.95 bits per heavy atom. The van der Waals surface area contributed by atoms with E-state index in [-0.39, 0.29) is 17.4 Å². The molecule has 8 heteroatoms. The van der Waals surface area contributed by atoms with Gasteiger partial charge in [-0.2, -0.15) is 4.52 Å². The Bertz CT molecular complexity index is 863. The van der Waals surface area contributed by atoms with Crippen LogP contribution >= 0.6 is 22.9 Å². The van der Waals surface area contributed by atoms with Crippen molar-refractivity contribution >= 4 is 33.0 Å². The van der Waals surface area contributed by atoms with E-state index >= 15 is 0 Å². The molecule has 0 aliphatic heterocycles. The molecule has 1 unspecified atom stereocenters. The molecule has 0 aliphatic carbocycles. The number of rotatable bonds is 3. The summed E-state index contributed by atoms with van der Waals surface area (Å²) in [6, 6.07) is 5.39. The minimum Gasteiger partial charge on any atom is -0.354 e. The van der Waals surface area contributed by atoms with Crippen LogP contribution in [0.3, 0.4) is 0 Å². The lowest BCUT2D eigenvalue weighted by Gasteiger charge is -2.14. The number of hydrogen-bond acceptors (Lipinski definition) is 5. The van der Waals surface area contributed by atoms with Gasteiger partial charge in [0.15, 0.2) is 0 Å². The van der Waals surface area contributed by atoms with Crippen molar-refractivity contribution < 1.29 is 4.39 Å². The second-order valence-corrected chi connectivity index (χ2v) is 5.78. The Kier molecular flexibility index (Phi) is 3.60. The van der Waals surface area contributed by atoms with Crippen LogP contribution in [-0.4, -0.2) is 14.6 Å². The van der Waals surface area contributed by atoms with Crippen molar-refractivity contribution in [1.29, 1.82) is 0 Å². The zero-order valence-electron chi connectivity index (χ0n) is 10.9. The summed E-state index contributed by atoms with van der Waals surface area (Å²) in [4.78, 5) is 16.2. The predicted octanol–water partition coefficient (Wildman–Crippen LogP) is 3.12. The number of nitrogens with one attached hydrogen (secondary N) is 1. The molecule has 2 heterocycles. The van der Waals surface area contributed by atoms with Gasteiger partial charge in [-0.05, 0) is 24.6 Å². The molecule has 3 rings (SSSR count). The number of fused-ring (bicyclic) bond motifs is 1. The van der Waals surface area contributed by atoms with Gasteiger partial charge in [0.2, 0.25) is 10.1 Å². The van der Waals surface area contributed by atoms with Gasteiger partial charge in [-0.1, -0.05) is 29.0 Å². The SMILES string of the molecule is CC(Nc1nn2c(=O)ccnc2s1)c1ccc(F)cc1Cl. The molecule has 1 aromatic carbocycles. The largest absolute Gasteiger partial charge is 0.354 e. The second-order valence-electron chi connectivity index (χ2n) is 4.42. The minimum absolute atomic E-state index is 0.186. The maximum atomic E-state index is 13.1. The van der Waals surface area contributed by atoms with Crippen molar-refractivity contribution in [3.63, 3.8) is 0 Å². The van der Waals surface area contributed by atoms with Crippen LogP contribution in [0, 0.1) is 5.82 Å². The van der Waals surface area contributed by atoms with Crippen LogP contribution in [0.4, 0.5) is 9.52 Å². The maximum Gasteiger partial charge on any atom is 0.275 e. The molecule has 21 heavy (non-hydrogen) atoms. The molecular formula is C13H10ClFN4OS. The van der Waals surface area contributed by atoms with Crippen LogP contribution in [0.2, 0.25) is 5.02 Å². The number of nitrogens with zero attached hydrogens (tertiary/aromatic N) is 3. The summed E-state index contributed by atoms with van der Waals surface area (Å²) in [5.74, 6) is -0.383. The Labute approximate surface area is 128 Å². The summed E-state index contributed by atoms with van der Waals surface area (Å²) >= 11 is 7.29. The molecule has 108 valence electrons. The normalized spacial score (nSPS) is 12.5. The van der Waals surface area contributed by atoms with E-state index in [0.29, 0.717) is 15.1 Å². The standard InChI is InChI=1S/C13H10ClFN4OS/c1-7(9-3-2-8(15)6-10(9)14)17-12-18-19-11(20)4-5-16-13(19)21-12/h2-7H,1H3,(H,17,18). The number of hydrogen-bond donors (Lipinski definition) is 1. The van der Waals surface area contributed by atoms with E-state index in [2.05, 4.69) is 15.4 Å². The van der Waals surface area contributed by atoms with E-state index < -0.39 is 0 Å². The molecule has 1 N–H and O–H groups in total. The molecule has 0 aliphatic rings. The van der Waals surface area contributed by atoms with Crippen molar-refractivity contribution in [2.75, 3.05) is 5.32 Å². The molecule has 2 aromatic heterocycles. The highest BCUT2D eigenvalue weighted by Crippen LogP contribution is 2.27. The maximum absolute atomic E-state index is 13.1. The number of anilines is 1. The van der Waals surface area contributed by atoms with Gasteiger partial charge in [0.05, 0.1) is 6.04 Å². The lowest BCUT2D eigenvalue weighted by molar-refractivity contribution is 0.626. The van der Waals surface area contributed by atoms with Gasteiger partial charge in [-0.25, -0.2) is 9.37 Å². The second kappa shape index (κ2) is 5.42. The first-order chi connectivity index (χ1) is 10.0. The van der Waals surface area contributed by atoms with E-state index in [9.17, 15) is 9.18 Å². The Hall–Kier alpha value is -1.99. The summed E-state index contributed by atoms with van der Waals surface area (Å²) in [6.07, 6.45) is 1.44. The van der Waals surface area contributed by atoms with Crippen LogP contribution < -0.4 is 10.9 Å². The molecule has 5 nitrogen and oxygen atoms in total. The monoisotopic (exact) mass is 324 g/mol. The number of aromatic nitrogens is 3. The Balaban J connectivity index is 1.90. The molecular weight excluding hydrogens is 315 g/mol. The molecule has 0 radical (unpaired) electrons. The van der Waals surface area contributed by atoms with E-state index in [1.807, 2.05) is 6.92 Å². The van der Waals surface area contributed by atoms with E-state index in [1.54, 1.807) is 6.07 Å². The summed E-state index contributed by atoms with van der Waals surface area (Å²) in [6.45, 7) is 1.88. The molecule has 0 bridgehead atoms.